The van der Waals surface area contributed by atoms with Crippen LogP contribution in [-0.4, -0.2) is 62.2 Å². The van der Waals surface area contributed by atoms with E-state index in [9.17, 15) is 34.1 Å². The van der Waals surface area contributed by atoms with Crippen LogP contribution in [0.3, 0.4) is 0 Å². The molecule has 4 rings (SSSR count). The molecule has 2 unspecified atom stereocenters. The Morgan fingerprint density at radius 3 is 2.19 bits per heavy atom. The molecule has 0 aliphatic heterocycles. The van der Waals surface area contributed by atoms with E-state index in [1.54, 1.807) is 28.8 Å². The molecule has 246 valence electrons. The average Bonchev–Trinajstić information content (AvgIpc) is 3.38. The number of nitrogens with zero attached hydrogens (tertiary/aromatic N) is 1. The number of methoxy groups -OCH3 is 1. The number of amides is 1. The van der Waals surface area contributed by atoms with Crippen LogP contribution in [0.1, 0.15) is 64.8 Å². The van der Waals surface area contributed by atoms with Crippen LogP contribution in [0, 0.1) is 5.82 Å². The molecule has 0 fully saturated rings. The maximum absolute atomic E-state index is 14.2. The van der Waals surface area contributed by atoms with Gasteiger partial charge in [-0.1, -0.05) is 54.6 Å². The summed E-state index contributed by atoms with van der Waals surface area (Å²) in [5, 5.41) is 42.3. The van der Waals surface area contributed by atoms with Crippen LogP contribution in [-0.2, 0) is 11.3 Å². The molecule has 0 radical (unpaired) electrons. The number of rotatable bonds is 14. The molecule has 0 spiro atoms. The van der Waals surface area contributed by atoms with E-state index in [1.165, 1.54) is 37.5 Å². The van der Waals surface area contributed by atoms with Crippen molar-refractivity contribution in [3.63, 3.8) is 0 Å². The van der Waals surface area contributed by atoms with Gasteiger partial charge in [0.25, 0.3) is 5.91 Å². The smallest absolute Gasteiger partial charge is 0.339 e. The quantitative estimate of drug-likeness (QED) is 0.116. The fourth-order valence-electron chi connectivity index (χ4n) is 5.47. The molecule has 0 bridgehead atoms. The number of aliphatic hydroxyl groups excluding tert-OH is 2. The second-order valence-electron chi connectivity index (χ2n) is 11.3. The average molecular weight is 645 g/mol. The van der Waals surface area contributed by atoms with Gasteiger partial charge in [-0.2, -0.15) is 0 Å². The van der Waals surface area contributed by atoms with Crippen molar-refractivity contribution in [3.8, 4) is 28.0 Å². The number of aromatic nitrogens is 1. The Labute approximate surface area is 271 Å². The summed E-state index contributed by atoms with van der Waals surface area (Å²) in [6.07, 6.45) is -0.205. The second kappa shape index (κ2) is 15.4. The molecule has 0 aliphatic carbocycles. The molecule has 5 N–H and O–H groups in total. The SMILES string of the molecule is COc1ccc(CNC(=O)c2c(-c3ccccc3)c(-c3ccc(F)cc3)c(/C=C/C(O)CC(O)CC(=O)O)n2C(C)C)cc1C(=O)O. The summed E-state index contributed by atoms with van der Waals surface area (Å²) in [6.45, 7) is 3.76. The Kier molecular flexibility index (Phi) is 11.3. The van der Waals surface area contributed by atoms with Gasteiger partial charge in [0.2, 0.25) is 0 Å². The molecule has 2 atom stereocenters. The Morgan fingerprint density at radius 2 is 1.60 bits per heavy atom. The van der Waals surface area contributed by atoms with Gasteiger partial charge in [-0.3, -0.25) is 9.59 Å². The minimum Gasteiger partial charge on any atom is -0.496 e. The highest BCUT2D eigenvalue weighted by Crippen LogP contribution is 2.42. The molecule has 10 nitrogen and oxygen atoms in total. The summed E-state index contributed by atoms with van der Waals surface area (Å²) >= 11 is 0. The number of carboxylic acids is 2. The lowest BCUT2D eigenvalue weighted by Crippen LogP contribution is -2.27. The van der Waals surface area contributed by atoms with Gasteiger partial charge in [-0.25, -0.2) is 9.18 Å². The van der Waals surface area contributed by atoms with E-state index in [4.69, 9.17) is 9.84 Å². The van der Waals surface area contributed by atoms with Crippen molar-refractivity contribution in [2.24, 2.45) is 0 Å². The van der Waals surface area contributed by atoms with E-state index in [-0.39, 0.29) is 36.0 Å². The highest BCUT2D eigenvalue weighted by atomic mass is 19.1. The molecule has 0 saturated heterocycles. The van der Waals surface area contributed by atoms with E-state index in [1.807, 2.05) is 44.2 Å². The zero-order valence-electron chi connectivity index (χ0n) is 26.2. The van der Waals surface area contributed by atoms with Gasteiger partial charge in [0.15, 0.2) is 0 Å². The monoisotopic (exact) mass is 644 g/mol. The number of nitrogens with one attached hydrogen (secondary N) is 1. The lowest BCUT2D eigenvalue weighted by molar-refractivity contribution is -0.139. The van der Waals surface area contributed by atoms with Crippen LogP contribution in [0.4, 0.5) is 4.39 Å². The van der Waals surface area contributed by atoms with E-state index in [0.29, 0.717) is 33.5 Å². The molecule has 1 amide bonds. The van der Waals surface area contributed by atoms with Crippen molar-refractivity contribution >= 4 is 23.9 Å². The van der Waals surface area contributed by atoms with Crippen LogP contribution < -0.4 is 10.1 Å². The van der Waals surface area contributed by atoms with Crippen LogP contribution in [0.2, 0.25) is 0 Å². The topological polar surface area (TPSA) is 158 Å². The van der Waals surface area contributed by atoms with Crippen molar-refractivity contribution < 1.29 is 43.9 Å². The number of ether oxygens (including phenoxy) is 1. The number of aromatic carboxylic acids is 1. The Bertz CT molecular complexity index is 1760. The van der Waals surface area contributed by atoms with Crippen molar-refractivity contribution in [3.05, 3.63) is 107 Å². The van der Waals surface area contributed by atoms with Gasteiger partial charge < -0.3 is 35.0 Å². The van der Waals surface area contributed by atoms with Crippen LogP contribution >= 0.6 is 0 Å². The van der Waals surface area contributed by atoms with Gasteiger partial charge in [-0.15, -0.1) is 0 Å². The molecule has 1 heterocycles. The Morgan fingerprint density at radius 1 is 0.936 bits per heavy atom. The maximum Gasteiger partial charge on any atom is 0.339 e. The predicted molar refractivity (Wildman–Crippen MR) is 175 cm³/mol. The normalized spacial score (nSPS) is 12.7. The molecule has 4 aromatic rings. The lowest BCUT2D eigenvalue weighted by Gasteiger charge is -2.17. The second-order valence-corrected chi connectivity index (χ2v) is 11.3. The molecular weight excluding hydrogens is 607 g/mol. The maximum atomic E-state index is 14.2. The molecule has 0 aliphatic rings. The van der Waals surface area contributed by atoms with Gasteiger partial charge in [0.05, 0.1) is 25.7 Å². The summed E-state index contributed by atoms with van der Waals surface area (Å²) in [6, 6.07) is 19.3. The first kappa shape index (κ1) is 34.6. The fraction of sp³-hybridized carbons (Fsp3) is 0.250. The standard InChI is InChI=1S/C36H37FN2O8/c1-21(2)39-29(15-14-26(40)18-27(41)19-31(42)43)32(24-10-12-25(37)13-11-24)33(23-7-5-4-6-8-23)34(39)35(44)38-20-22-9-16-30(47-3)28(17-22)36(45)46/h4-17,21,26-27,40-41H,18-20H2,1-3H3,(H,38,44)(H,42,43)(H,45,46)/b15-14+. The molecule has 0 saturated carbocycles. The zero-order chi connectivity index (χ0) is 34.2. The number of aliphatic carboxylic acids is 1. The minimum atomic E-state index is -1.28. The van der Waals surface area contributed by atoms with E-state index in [0.717, 1.165) is 0 Å². The van der Waals surface area contributed by atoms with Crippen LogP contribution in [0.15, 0.2) is 78.9 Å². The number of aliphatic hydroxyl groups is 2. The summed E-state index contributed by atoms with van der Waals surface area (Å²) in [7, 11) is 1.37. The first-order valence-electron chi connectivity index (χ1n) is 14.9. The summed E-state index contributed by atoms with van der Waals surface area (Å²) in [5.41, 5.74) is 3.69. The number of carboxylic acid groups (broad SMARTS) is 2. The van der Waals surface area contributed by atoms with Crippen molar-refractivity contribution in [2.75, 3.05) is 7.11 Å². The predicted octanol–water partition coefficient (Wildman–Crippen LogP) is 5.78. The number of halogens is 1. The van der Waals surface area contributed by atoms with Crippen LogP contribution in [0.5, 0.6) is 5.75 Å². The minimum absolute atomic E-state index is 0.00214. The largest absolute Gasteiger partial charge is 0.496 e. The van der Waals surface area contributed by atoms with E-state index >= 15 is 0 Å². The van der Waals surface area contributed by atoms with Gasteiger partial charge in [0.1, 0.15) is 22.8 Å². The van der Waals surface area contributed by atoms with Crippen molar-refractivity contribution in [1.29, 1.82) is 0 Å². The number of benzene rings is 3. The first-order valence-corrected chi connectivity index (χ1v) is 14.9. The fourth-order valence-corrected chi connectivity index (χ4v) is 5.47. The Balaban J connectivity index is 1.89. The summed E-state index contributed by atoms with van der Waals surface area (Å²) in [4.78, 5) is 37.0. The number of hydrogen-bond donors (Lipinski definition) is 5. The van der Waals surface area contributed by atoms with Gasteiger partial charge in [0, 0.05) is 35.8 Å². The highest BCUT2D eigenvalue weighted by Gasteiger charge is 2.29. The zero-order valence-corrected chi connectivity index (χ0v) is 26.2. The molecule has 1 aromatic heterocycles. The van der Waals surface area contributed by atoms with Crippen molar-refractivity contribution in [2.45, 2.75) is 51.5 Å². The lowest BCUT2D eigenvalue weighted by atomic mass is 9.94. The molecule has 3 aromatic carbocycles. The van der Waals surface area contributed by atoms with Crippen molar-refractivity contribution in [1.82, 2.24) is 9.88 Å². The molecule has 11 heteroatoms. The number of hydrogen-bond acceptors (Lipinski definition) is 6. The summed E-state index contributed by atoms with van der Waals surface area (Å²) < 4.78 is 21.0. The number of carbonyl (C=O) groups is 3. The highest BCUT2D eigenvalue weighted by molar-refractivity contribution is 6.06. The summed E-state index contributed by atoms with van der Waals surface area (Å²) in [5.74, 6) is -3.10. The third-order valence-corrected chi connectivity index (χ3v) is 7.52. The van der Waals surface area contributed by atoms with E-state index in [2.05, 4.69) is 5.32 Å². The van der Waals surface area contributed by atoms with E-state index < -0.39 is 42.3 Å². The third-order valence-electron chi connectivity index (χ3n) is 7.52. The van der Waals surface area contributed by atoms with Crippen LogP contribution in [0.25, 0.3) is 28.3 Å². The Hall–Kier alpha value is -5.26. The molecular formula is C36H37FN2O8. The first-order chi connectivity index (χ1) is 22.4. The molecule has 47 heavy (non-hydrogen) atoms. The van der Waals surface area contributed by atoms with Gasteiger partial charge in [-0.05, 0) is 60.9 Å². The number of carbonyl (C=O) groups excluding carboxylic acids is 1. The third kappa shape index (κ3) is 8.32. The van der Waals surface area contributed by atoms with Gasteiger partial charge >= 0.3 is 11.9 Å².